The highest BCUT2D eigenvalue weighted by Crippen LogP contribution is 2.26. The Labute approximate surface area is 121 Å². The van der Waals surface area contributed by atoms with E-state index in [-0.39, 0.29) is 0 Å². The molecule has 2 heterocycles. The van der Waals surface area contributed by atoms with E-state index in [1.807, 2.05) is 18.2 Å². The Kier molecular flexibility index (Phi) is 3.27. The van der Waals surface area contributed by atoms with Crippen LogP contribution in [-0.2, 0) is 0 Å². The molecular formula is C15H13N3O3. The van der Waals surface area contributed by atoms with E-state index >= 15 is 0 Å². The Morgan fingerprint density at radius 2 is 1.95 bits per heavy atom. The van der Waals surface area contributed by atoms with Crippen molar-refractivity contribution in [2.45, 2.75) is 0 Å². The van der Waals surface area contributed by atoms with Crippen LogP contribution >= 0.6 is 0 Å². The first kappa shape index (κ1) is 13.1. The van der Waals surface area contributed by atoms with Crippen LogP contribution in [0.15, 0.2) is 36.5 Å². The van der Waals surface area contributed by atoms with Crippen LogP contribution in [0, 0.1) is 0 Å². The lowest BCUT2D eigenvalue weighted by molar-refractivity contribution is 0.112. The molecule has 0 spiro atoms. The minimum atomic E-state index is 0.367. The second-order valence-electron chi connectivity index (χ2n) is 4.34. The fraction of sp³-hybridized carbons (Fsp3) is 0.133. The molecule has 0 unspecified atom stereocenters. The molecule has 1 aromatic carbocycles. The summed E-state index contributed by atoms with van der Waals surface area (Å²) < 4.78 is 12.1. The van der Waals surface area contributed by atoms with Crippen molar-refractivity contribution in [1.29, 1.82) is 0 Å². The summed E-state index contributed by atoms with van der Waals surface area (Å²) in [5.41, 5.74) is 2.65. The van der Waals surface area contributed by atoms with Gasteiger partial charge in [0.25, 0.3) is 0 Å². The SMILES string of the molecule is COc1cc2nc(-c3ccccc3C=O)cn2c(OC)n1. The highest BCUT2D eigenvalue weighted by molar-refractivity contribution is 5.86. The van der Waals surface area contributed by atoms with Gasteiger partial charge in [-0.2, -0.15) is 4.98 Å². The van der Waals surface area contributed by atoms with Crippen LogP contribution in [-0.4, -0.2) is 34.9 Å². The van der Waals surface area contributed by atoms with Crippen LogP contribution in [0.4, 0.5) is 0 Å². The molecular weight excluding hydrogens is 270 g/mol. The second kappa shape index (κ2) is 5.24. The molecule has 0 amide bonds. The fourth-order valence-corrected chi connectivity index (χ4v) is 2.15. The van der Waals surface area contributed by atoms with E-state index in [2.05, 4.69) is 9.97 Å². The summed E-state index contributed by atoms with van der Waals surface area (Å²) in [5, 5.41) is 0. The van der Waals surface area contributed by atoms with E-state index < -0.39 is 0 Å². The molecule has 0 saturated carbocycles. The van der Waals surface area contributed by atoms with Crippen molar-refractivity contribution in [1.82, 2.24) is 14.4 Å². The van der Waals surface area contributed by atoms with Gasteiger partial charge in [-0.15, -0.1) is 0 Å². The number of fused-ring (bicyclic) bond motifs is 1. The molecule has 0 atom stereocenters. The van der Waals surface area contributed by atoms with E-state index in [9.17, 15) is 4.79 Å². The minimum absolute atomic E-state index is 0.367. The summed E-state index contributed by atoms with van der Waals surface area (Å²) in [6.07, 6.45) is 2.60. The Morgan fingerprint density at radius 1 is 1.14 bits per heavy atom. The monoisotopic (exact) mass is 283 g/mol. The zero-order valence-electron chi connectivity index (χ0n) is 11.6. The third-order valence-electron chi connectivity index (χ3n) is 3.15. The van der Waals surface area contributed by atoms with Gasteiger partial charge in [-0.3, -0.25) is 9.20 Å². The van der Waals surface area contributed by atoms with Gasteiger partial charge in [-0.1, -0.05) is 24.3 Å². The number of ether oxygens (including phenoxy) is 2. The molecule has 0 aliphatic carbocycles. The first-order valence-electron chi connectivity index (χ1n) is 6.29. The largest absolute Gasteiger partial charge is 0.481 e. The first-order valence-corrected chi connectivity index (χ1v) is 6.29. The fourth-order valence-electron chi connectivity index (χ4n) is 2.15. The number of rotatable bonds is 4. The average molecular weight is 283 g/mol. The zero-order valence-corrected chi connectivity index (χ0v) is 11.6. The van der Waals surface area contributed by atoms with Crippen molar-refractivity contribution in [3.63, 3.8) is 0 Å². The number of nitrogens with zero attached hydrogens (tertiary/aromatic N) is 3. The summed E-state index contributed by atoms with van der Waals surface area (Å²) in [6, 6.07) is 9.35. The highest BCUT2D eigenvalue weighted by Gasteiger charge is 2.13. The molecule has 0 radical (unpaired) electrons. The molecule has 0 bridgehead atoms. The summed E-state index contributed by atoms with van der Waals surface area (Å²) in [6.45, 7) is 0. The summed E-state index contributed by atoms with van der Waals surface area (Å²) in [4.78, 5) is 19.9. The number of carbonyl (C=O) groups is 1. The Hall–Kier alpha value is -2.89. The molecule has 6 heteroatoms. The number of hydrogen-bond donors (Lipinski definition) is 0. The molecule has 21 heavy (non-hydrogen) atoms. The third kappa shape index (κ3) is 2.20. The van der Waals surface area contributed by atoms with Crippen LogP contribution in [0.2, 0.25) is 0 Å². The summed E-state index contributed by atoms with van der Waals surface area (Å²) in [5.74, 6) is 0.417. The maximum Gasteiger partial charge on any atom is 0.305 e. The predicted molar refractivity (Wildman–Crippen MR) is 76.9 cm³/mol. The van der Waals surface area contributed by atoms with Crippen molar-refractivity contribution in [3.8, 4) is 23.1 Å². The number of carbonyl (C=O) groups excluding carboxylic acids is 1. The van der Waals surface area contributed by atoms with Gasteiger partial charge in [-0.05, 0) is 0 Å². The van der Waals surface area contributed by atoms with Crippen molar-refractivity contribution in [3.05, 3.63) is 42.1 Å². The molecule has 0 N–H and O–H groups in total. The number of benzene rings is 1. The van der Waals surface area contributed by atoms with Gasteiger partial charge in [0.1, 0.15) is 5.65 Å². The number of imidazole rings is 1. The molecule has 0 fully saturated rings. The lowest BCUT2D eigenvalue weighted by atomic mass is 10.1. The zero-order chi connectivity index (χ0) is 14.8. The number of methoxy groups -OCH3 is 2. The van der Waals surface area contributed by atoms with Gasteiger partial charge in [0.15, 0.2) is 6.29 Å². The minimum Gasteiger partial charge on any atom is -0.481 e. The van der Waals surface area contributed by atoms with Gasteiger partial charge in [0.2, 0.25) is 5.88 Å². The third-order valence-corrected chi connectivity index (χ3v) is 3.15. The highest BCUT2D eigenvalue weighted by atomic mass is 16.5. The van der Waals surface area contributed by atoms with Crippen molar-refractivity contribution in [2.75, 3.05) is 14.2 Å². The van der Waals surface area contributed by atoms with E-state index in [1.54, 1.807) is 22.7 Å². The smallest absolute Gasteiger partial charge is 0.305 e. The lowest BCUT2D eigenvalue weighted by Gasteiger charge is -2.04. The number of aldehydes is 1. The standard InChI is InChI=1S/C15H13N3O3/c1-20-14-7-13-16-12(8-18(13)15(17-14)21-2)11-6-4-3-5-10(11)9-19/h3-9H,1-2H3. The molecule has 0 aliphatic rings. The molecule has 6 nitrogen and oxygen atoms in total. The van der Waals surface area contributed by atoms with Gasteiger partial charge in [0, 0.05) is 23.4 Å². The maximum absolute atomic E-state index is 11.1. The van der Waals surface area contributed by atoms with Crippen molar-refractivity contribution >= 4 is 11.9 Å². The summed E-state index contributed by atoms with van der Waals surface area (Å²) >= 11 is 0. The molecule has 3 rings (SSSR count). The van der Waals surface area contributed by atoms with E-state index in [0.717, 1.165) is 11.8 Å². The average Bonchev–Trinajstić information content (AvgIpc) is 2.97. The molecule has 3 aromatic rings. The molecule has 106 valence electrons. The topological polar surface area (TPSA) is 65.7 Å². The van der Waals surface area contributed by atoms with Gasteiger partial charge < -0.3 is 9.47 Å². The Morgan fingerprint density at radius 3 is 2.67 bits per heavy atom. The van der Waals surface area contributed by atoms with Crippen molar-refractivity contribution in [2.24, 2.45) is 0 Å². The van der Waals surface area contributed by atoms with E-state index in [0.29, 0.717) is 28.8 Å². The van der Waals surface area contributed by atoms with Crippen LogP contribution in [0.1, 0.15) is 10.4 Å². The Balaban J connectivity index is 2.23. The summed E-state index contributed by atoms with van der Waals surface area (Å²) in [7, 11) is 3.06. The van der Waals surface area contributed by atoms with E-state index in [4.69, 9.17) is 9.47 Å². The first-order chi connectivity index (χ1) is 10.3. The van der Waals surface area contributed by atoms with E-state index in [1.165, 1.54) is 14.2 Å². The van der Waals surface area contributed by atoms with Gasteiger partial charge in [-0.25, -0.2) is 4.98 Å². The molecule has 0 aliphatic heterocycles. The van der Waals surface area contributed by atoms with Crippen LogP contribution < -0.4 is 9.47 Å². The number of aromatic nitrogens is 3. The molecule has 2 aromatic heterocycles. The molecule has 0 saturated heterocycles. The quantitative estimate of drug-likeness (QED) is 0.687. The van der Waals surface area contributed by atoms with Crippen LogP contribution in [0.25, 0.3) is 16.9 Å². The normalized spacial score (nSPS) is 10.6. The van der Waals surface area contributed by atoms with Crippen LogP contribution in [0.5, 0.6) is 11.9 Å². The number of hydrogen-bond acceptors (Lipinski definition) is 5. The lowest BCUT2D eigenvalue weighted by Crippen LogP contribution is -1.98. The maximum atomic E-state index is 11.1. The van der Waals surface area contributed by atoms with Crippen molar-refractivity contribution < 1.29 is 14.3 Å². The van der Waals surface area contributed by atoms with Crippen LogP contribution in [0.3, 0.4) is 0 Å². The predicted octanol–water partition coefficient (Wildman–Crippen LogP) is 2.23. The Bertz CT molecular complexity index is 811. The van der Waals surface area contributed by atoms with Gasteiger partial charge in [0.05, 0.1) is 19.9 Å². The van der Waals surface area contributed by atoms with Gasteiger partial charge >= 0.3 is 6.01 Å². The second-order valence-corrected chi connectivity index (χ2v) is 4.34.